The summed E-state index contributed by atoms with van der Waals surface area (Å²) in [7, 11) is 0. The van der Waals surface area contributed by atoms with Crippen LogP contribution in [-0.4, -0.2) is 28.0 Å². The molecular weight excluding hydrogens is 348 g/mol. The first kappa shape index (κ1) is 18.9. The summed E-state index contributed by atoms with van der Waals surface area (Å²) in [4.78, 5) is 27.6. The van der Waals surface area contributed by atoms with Gasteiger partial charge in [0.25, 0.3) is 0 Å². The van der Waals surface area contributed by atoms with Gasteiger partial charge in [0.05, 0.1) is 5.69 Å². The summed E-state index contributed by atoms with van der Waals surface area (Å²) in [5, 5.41) is 9.46. The van der Waals surface area contributed by atoms with E-state index >= 15 is 0 Å². The zero-order valence-corrected chi connectivity index (χ0v) is 15.4. The Kier molecular flexibility index (Phi) is 6.40. The van der Waals surface area contributed by atoms with E-state index in [1.165, 1.54) is 19.8 Å². The van der Waals surface area contributed by atoms with E-state index in [0.717, 1.165) is 25.7 Å². The van der Waals surface area contributed by atoms with Crippen molar-refractivity contribution in [2.75, 3.05) is 5.32 Å². The quantitative estimate of drug-likeness (QED) is 0.755. The van der Waals surface area contributed by atoms with Crippen molar-refractivity contribution in [3.8, 4) is 5.75 Å². The van der Waals surface area contributed by atoms with Crippen LogP contribution in [0.25, 0.3) is 0 Å². The van der Waals surface area contributed by atoms with Gasteiger partial charge in [-0.25, -0.2) is 0 Å². The topological polar surface area (TPSA) is 106 Å². The maximum absolute atomic E-state index is 12.3. The van der Waals surface area contributed by atoms with Crippen molar-refractivity contribution in [1.29, 1.82) is 0 Å². The van der Waals surface area contributed by atoms with Crippen LogP contribution in [0, 0.1) is 0 Å². The van der Waals surface area contributed by atoms with Crippen molar-refractivity contribution in [2.24, 2.45) is 0 Å². The smallest absolute Gasteiger partial charge is 0.316 e. The third kappa shape index (κ3) is 5.54. The average Bonchev–Trinajstić information content (AvgIpc) is 2.98. The molecule has 1 saturated carbocycles. The van der Waals surface area contributed by atoms with Crippen LogP contribution in [0.15, 0.2) is 28.8 Å². The summed E-state index contributed by atoms with van der Waals surface area (Å²) < 4.78 is 10.7. The lowest BCUT2D eigenvalue weighted by Crippen LogP contribution is -2.34. The second-order valence-electron chi connectivity index (χ2n) is 6.64. The Bertz CT molecular complexity index is 782. The predicted octanol–water partition coefficient (Wildman–Crippen LogP) is 3.06. The highest BCUT2D eigenvalue weighted by molar-refractivity contribution is 5.90. The number of carbonyl (C=O) groups is 2. The molecule has 0 bridgehead atoms. The molecule has 1 aliphatic rings. The van der Waals surface area contributed by atoms with E-state index in [1.54, 1.807) is 24.3 Å². The van der Waals surface area contributed by atoms with Crippen LogP contribution in [-0.2, 0) is 11.4 Å². The number of hydrogen-bond acceptors (Lipinski definition) is 6. The fourth-order valence-electron chi connectivity index (χ4n) is 3.10. The Labute approximate surface area is 157 Å². The molecule has 0 aliphatic heterocycles. The zero-order valence-electron chi connectivity index (χ0n) is 15.4. The molecule has 0 radical (unpaired) electrons. The third-order valence-corrected chi connectivity index (χ3v) is 4.41. The van der Waals surface area contributed by atoms with E-state index in [4.69, 9.17) is 9.26 Å². The van der Waals surface area contributed by atoms with Gasteiger partial charge in [0, 0.05) is 13.0 Å². The number of para-hydroxylation sites is 2. The molecule has 3 rings (SSSR count). The van der Waals surface area contributed by atoms with Gasteiger partial charge in [0.1, 0.15) is 5.75 Å². The average molecular weight is 372 g/mol. The van der Waals surface area contributed by atoms with Crippen molar-refractivity contribution < 1.29 is 18.8 Å². The summed E-state index contributed by atoms with van der Waals surface area (Å²) in [6.45, 7) is 1.45. The number of nitrogens with zero attached hydrogens (tertiary/aromatic N) is 2. The summed E-state index contributed by atoms with van der Waals surface area (Å²) in [5.74, 6) is 0.149. The van der Waals surface area contributed by atoms with Crippen molar-refractivity contribution in [3.05, 3.63) is 36.0 Å². The van der Waals surface area contributed by atoms with Crippen LogP contribution in [0.4, 0.5) is 5.69 Å². The molecular formula is C19H24N4O4. The first-order valence-corrected chi connectivity index (χ1v) is 9.24. The van der Waals surface area contributed by atoms with Crippen molar-refractivity contribution >= 4 is 17.5 Å². The minimum Gasteiger partial charge on any atom is -0.483 e. The molecule has 0 unspecified atom stereocenters. The van der Waals surface area contributed by atoms with E-state index < -0.39 is 0 Å². The van der Waals surface area contributed by atoms with E-state index in [-0.39, 0.29) is 36.2 Å². The standard InChI is InChI=1S/C19H24N4O4/c1-13(24)20-15-10-6-7-11-16(15)26-12-17-22-19(27-23-17)18(25)21-14-8-4-2-3-5-9-14/h6-7,10-11,14H,2-5,8-9,12H2,1H3,(H,20,24)(H,21,25). The first-order valence-electron chi connectivity index (χ1n) is 9.24. The van der Waals surface area contributed by atoms with E-state index in [1.807, 2.05) is 0 Å². The molecule has 1 aromatic carbocycles. The number of benzene rings is 1. The second kappa shape index (κ2) is 9.16. The SMILES string of the molecule is CC(=O)Nc1ccccc1OCc1noc(C(=O)NC2CCCCCC2)n1. The van der Waals surface area contributed by atoms with Gasteiger partial charge in [-0.2, -0.15) is 4.98 Å². The zero-order chi connectivity index (χ0) is 19.1. The molecule has 1 aromatic heterocycles. The highest BCUT2D eigenvalue weighted by Crippen LogP contribution is 2.24. The minimum absolute atomic E-state index is 0.0246. The Morgan fingerprint density at radius 1 is 1.19 bits per heavy atom. The molecule has 0 spiro atoms. The Balaban J connectivity index is 1.56. The minimum atomic E-state index is -0.348. The van der Waals surface area contributed by atoms with Gasteiger partial charge in [-0.3, -0.25) is 9.59 Å². The third-order valence-electron chi connectivity index (χ3n) is 4.41. The summed E-state index contributed by atoms with van der Waals surface area (Å²) >= 11 is 0. The maximum Gasteiger partial charge on any atom is 0.316 e. The molecule has 1 aliphatic carbocycles. The lowest BCUT2D eigenvalue weighted by Gasteiger charge is -2.14. The molecule has 144 valence electrons. The highest BCUT2D eigenvalue weighted by atomic mass is 16.5. The molecule has 8 nitrogen and oxygen atoms in total. The Morgan fingerprint density at radius 2 is 1.93 bits per heavy atom. The van der Waals surface area contributed by atoms with Crippen LogP contribution in [0.1, 0.15) is 62.0 Å². The maximum atomic E-state index is 12.3. The Morgan fingerprint density at radius 3 is 2.67 bits per heavy atom. The lowest BCUT2D eigenvalue weighted by atomic mass is 10.1. The number of carbonyl (C=O) groups excluding carboxylic acids is 2. The van der Waals surface area contributed by atoms with Gasteiger partial charge in [0.2, 0.25) is 11.7 Å². The molecule has 1 fully saturated rings. The lowest BCUT2D eigenvalue weighted by molar-refractivity contribution is -0.114. The highest BCUT2D eigenvalue weighted by Gasteiger charge is 2.20. The molecule has 8 heteroatoms. The van der Waals surface area contributed by atoms with Gasteiger partial charge in [-0.1, -0.05) is 43.0 Å². The van der Waals surface area contributed by atoms with Crippen molar-refractivity contribution in [1.82, 2.24) is 15.5 Å². The monoisotopic (exact) mass is 372 g/mol. The van der Waals surface area contributed by atoms with E-state index in [2.05, 4.69) is 20.8 Å². The summed E-state index contributed by atoms with van der Waals surface area (Å²) in [6.07, 6.45) is 6.65. The predicted molar refractivity (Wildman–Crippen MR) is 98.3 cm³/mol. The number of rotatable bonds is 6. The number of hydrogen-bond donors (Lipinski definition) is 2. The van der Waals surface area contributed by atoms with E-state index in [0.29, 0.717) is 11.4 Å². The fraction of sp³-hybridized carbons (Fsp3) is 0.474. The number of ether oxygens (including phenoxy) is 1. The number of nitrogens with one attached hydrogen (secondary N) is 2. The summed E-state index contributed by atoms with van der Waals surface area (Å²) in [6, 6.07) is 7.21. The number of amides is 2. The van der Waals surface area contributed by atoms with E-state index in [9.17, 15) is 9.59 Å². The van der Waals surface area contributed by atoms with Crippen LogP contribution < -0.4 is 15.4 Å². The van der Waals surface area contributed by atoms with Gasteiger partial charge in [-0.15, -0.1) is 0 Å². The molecule has 2 amide bonds. The van der Waals surface area contributed by atoms with Crippen molar-refractivity contribution in [3.63, 3.8) is 0 Å². The largest absolute Gasteiger partial charge is 0.483 e. The molecule has 0 atom stereocenters. The molecule has 2 aromatic rings. The fourth-order valence-corrected chi connectivity index (χ4v) is 3.10. The first-order chi connectivity index (χ1) is 13.1. The van der Waals surface area contributed by atoms with Crippen LogP contribution >= 0.6 is 0 Å². The molecule has 2 N–H and O–H groups in total. The van der Waals surface area contributed by atoms with Gasteiger partial charge in [0.15, 0.2) is 6.61 Å². The van der Waals surface area contributed by atoms with Crippen LogP contribution in [0.3, 0.4) is 0 Å². The molecule has 27 heavy (non-hydrogen) atoms. The second-order valence-corrected chi connectivity index (χ2v) is 6.64. The van der Waals surface area contributed by atoms with Crippen LogP contribution in [0.5, 0.6) is 5.75 Å². The van der Waals surface area contributed by atoms with Gasteiger partial charge >= 0.3 is 11.8 Å². The number of aromatic nitrogens is 2. The molecule has 0 saturated heterocycles. The number of anilines is 1. The summed E-state index contributed by atoms with van der Waals surface area (Å²) in [5.41, 5.74) is 0.555. The Hall–Kier alpha value is -2.90. The normalized spacial score (nSPS) is 15.0. The van der Waals surface area contributed by atoms with Crippen molar-refractivity contribution in [2.45, 2.75) is 58.1 Å². The van der Waals surface area contributed by atoms with Gasteiger partial charge < -0.3 is 19.9 Å². The van der Waals surface area contributed by atoms with Crippen LogP contribution in [0.2, 0.25) is 0 Å². The molecule has 1 heterocycles. The van der Waals surface area contributed by atoms with Gasteiger partial charge in [-0.05, 0) is 25.0 Å².